The Bertz CT molecular complexity index is 674. The predicted molar refractivity (Wildman–Crippen MR) is 95.6 cm³/mol. The van der Waals surface area contributed by atoms with Gasteiger partial charge in [0.2, 0.25) is 17.7 Å². The van der Waals surface area contributed by atoms with E-state index in [1.165, 1.54) is 0 Å². The van der Waals surface area contributed by atoms with Crippen molar-refractivity contribution in [3.63, 3.8) is 0 Å². The molecule has 2 aliphatic rings. The Labute approximate surface area is 153 Å². The maximum Gasteiger partial charge on any atom is 0.239 e. The average molecular weight is 359 g/mol. The quantitative estimate of drug-likeness (QED) is 0.827. The largest absolute Gasteiger partial charge is 0.497 e. The summed E-state index contributed by atoms with van der Waals surface area (Å²) in [6.45, 7) is 2.19. The second-order valence-electron chi connectivity index (χ2n) is 6.78. The molecule has 0 aromatic heterocycles. The summed E-state index contributed by atoms with van der Waals surface area (Å²) in [5.74, 6) is 0.557. The van der Waals surface area contributed by atoms with Crippen LogP contribution in [0.2, 0.25) is 0 Å². The molecule has 2 aliphatic heterocycles. The fraction of sp³-hybridized carbons (Fsp3) is 0.526. The molecular weight excluding hydrogens is 334 g/mol. The van der Waals surface area contributed by atoms with E-state index in [4.69, 9.17) is 4.74 Å². The Morgan fingerprint density at radius 3 is 2.73 bits per heavy atom. The highest BCUT2D eigenvalue weighted by Crippen LogP contribution is 2.21. The molecule has 3 rings (SSSR count). The number of rotatable bonds is 5. The van der Waals surface area contributed by atoms with Crippen LogP contribution in [0.15, 0.2) is 24.3 Å². The van der Waals surface area contributed by atoms with Crippen molar-refractivity contribution in [3.8, 4) is 5.75 Å². The van der Waals surface area contributed by atoms with Gasteiger partial charge in [0.25, 0.3) is 0 Å². The van der Waals surface area contributed by atoms with E-state index in [1.54, 1.807) is 16.9 Å². The van der Waals surface area contributed by atoms with E-state index in [9.17, 15) is 14.4 Å². The van der Waals surface area contributed by atoms with Crippen molar-refractivity contribution in [2.45, 2.75) is 19.3 Å². The molecule has 3 amide bonds. The molecule has 26 heavy (non-hydrogen) atoms. The van der Waals surface area contributed by atoms with E-state index in [2.05, 4.69) is 5.32 Å². The van der Waals surface area contributed by atoms with Gasteiger partial charge in [0, 0.05) is 32.6 Å². The summed E-state index contributed by atoms with van der Waals surface area (Å²) in [4.78, 5) is 39.8. The third kappa shape index (κ3) is 4.33. The van der Waals surface area contributed by atoms with Crippen LogP contribution in [-0.4, -0.2) is 67.4 Å². The molecule has 2 saturated heterocycles. The van der Waals surface area contributed by atoms with Crippen LogP contribution in [0.4, 0.5) is 0 Å². The van der Waals surface area contributed by atoms with Gasteiger partial charge in [-0.15, -0.1) is 0 Å². The Kier molecular flexibility index (Phi) is 5.75. The first-order valence-corrected chi connectivity index (χ1v) is 9.03. The van der Waals surface area contributed by atoms with Crippen molar-refractivity contribution < 1.29 is 19.1 Å². The molecule has 0 aliphatic carbocycles. The van der Waals surface area contributed by atoms with E-state index in [0.29, 0.717) is 39.0 Å². The molecule has 2 fully saturated rings. The van der Waals surface area contributed by atoms with E-state index in [1.807, 2.05) is 24.3 Å². The first-order chi connectivity index (χ1) is 12.6. The Morgan fingerprint density at radius 1 is 1.27 bits per heavy atom. The zero-order valence-corrected chi connectivity index (χ0v) is 15.1. The minimum Gasteiger partial charge on any atom is -0.497 e. The van der Waals surface area contributed by atoms with Crippen molar-refractivity contribution >= 4 is 17.7 Å². The lowest BCUT2D eigenvalue weighted by Crippen LogP contribution is -2.54. The molecule has 0 spiro atoms. The number of hydrogen-bond acceptors (Lipinski definition) is 4. The first-order valence-electron chi connectivity index (χ1n) is 9.03. The van der Waals surface area contributed by atoms with Gasteiger partial charge in [-0.1, -0.05) is 12.1 Å². The van der Waals surface area contributed by atoms with Crippen molar-refractivity contribution in [1.29, 1.82) is 0 Å². The van der Waals surface area contributed by atoms with Crippen LogP contribution in [-0.2, 0) is 20.8 Å². The molecule has 1 unspecified atom stereocenters. The van der Waals surface area contributed by atoms with E-state index in [0.717, 1.165) is 17.7 Å². The fourth-order valence-corrected chi connectivity index (χ4v) is 3.47. The van der Waals surface area contributed by atoms with Crippen molar-refractivity contribution in [3.05, 3.63) is 29.8 Å². The number of amides is 3. The summed E-state index contributed by atoms with van der Waals surface area (Å²) in [6, 6.07) is 7.78. The SMILES string of the molecule is COc1ccc(CCN2CC(C(=O)N3CCNC(=O)C3)CCC2=O)cc1. The molecule has 1 aromatic carbocycles. The van der Waals surface area contributed by atoms with Gasteiger partial charge in [-0.3, -0.25) is 14.4 Å². The summed E-state index contributed by atoms with van der Waals surface area (Å²) >= 11 is 0. The Morgan fingerprint density at radius 2 is 2.04 bits per heavy atom. The first kappa shape index (κ1) is 18.2. The molecule has 0 radical (unpaired) electrons. The number of benzene rings is 1. The maximum atomic E-state index is 12.7. The zero-order valence-electron chi connectivity index (χ0n) is 15.1. The Hall–Kier alpha value is -2.57. The third-order valence-corrected chi connectivity index (χ3v) is 5.03. The number of nitrogens with one attached hydrogen (secondary N) is 1. The number of carbonyl (C=O) groups excluding carboxylic acids is 3. The fourth-order valence-electron chi connectivity index (χ4n) is 3.47. The summed E-state index contributed by atoms with van der Waals surface area (Å²) in [7, 11) is 1.63. The number of likely N-dealkylation sites (tertiary alicyclic amines) is 1. The standard InChI is InChI=1S/C19H25N3O4/c1-26-16-5-2-14(3-6-16)8-10-21-12-15(4-7-18(21)24)19(25)22-11-9-20-17(23)13-22/h2-3,5-6,15H,4,7-13H2,1H3,(H,20,23). The summed E-state index contributed by atoms with van der Waals surface area (Å²) in [6.07, 6.45) is 1.69. The zero-order chi connectivity index (χ0) is 18.5. The van der Waals surface area contributed by atoms with Gasteiger partial charge in [0.05, 0.1) is 19.6 Å². The molecule has 0 bridgehead atoms. The maximum absolute atomic E-state index is 12.7. The monoisotopic (exact) mass is 359 g/mol. The normalized spacial score (nSPS) is 20.7. The van der Waals surface area contributed by atoms with Crippen molar-refractivity contribution in [1.82, 2.24) is 15.1 Å². The van der Waals surface area contributed by atoms with Crippen molar-refractivity contribution in [2.75, 3.05) is 39.8 Å². The van der Waals surface area contributed by atoms with E-state index < -0.39 is 0 Å². The van der Waals surface area contributed by atoms with Crippen LogP contribution in [0.5, 0.6) is 5.75 Å². The molecular formula is C19H25N3O4. The van der Waals surface area contributed by atoms with Crippen molar-refractivity contribution in [2.24, 2.45) is 5.92 Å². The molecule has 1 aromatic rings. The molecule has 7 heteroatoms. The van der Waals surface area contributed by atoms with Crippen LogP contribution in [0, 0.1) is 5.92 Å². The number of ether oxygens (including phenoxy) is 1. The van der Waals surface area contributed by atoms with Crippen LogP contribution < -0.4 is 10.1 Å². The second-order valence-corrected chi connectivity index (χ2v) is 6.78. The number of hydrogen-bond donors (Lipinski definition) is 1. The highest BCUT2D eigenvalue weighted by Gasteiger charge is 2.33. The number of methoxy groups -OCH3 is 1. The topological polar surface area (TPSA) is 79.0 Å². The molecule has 140 valence electrons. The molecule has 1 atom stereocenters. The number of piperidine rings is 1. The van der Waals surface area contributed by atoms with E-state index in [-0.39, 0.29) is 30.2 Å². The van der Waals surface area contributed by atoms with Gasteiger partial charge in [-0.2, -0.15) is 0 Å². The highest BCUT2D eigenvalue weighted by molar-refractivity contribution is 5.88. The second kappa shape index (κ2) is 8.21. The van der Waals surface area contributed by atoms with Crippen LogP contribution in [0.25, 0.3) is 0 Å². The van der Waals surface area contributed by atoms with Crippen LogP contribution >= 0.6 is 0 Å². The van der Waals surface area contributed by atoms with Gasteiger partial charge in [0.1, 0.15) is 5.75 Å². The number of nitrogens with zero attached hydrogens (tertiary/aromatic N) is 2. The van der Waals surface area contributed by atoms with Gasteiger partial charge < -0.3 is 19.9 Å². The minimum atomic E-state index is -0.213. The number of piperazine rings is 1. The molecule has 1 N–H and O–H groups in total. The molecule has 0 saturated carbocycles. The lowest BCUT2D eigenvalue weighted by Gasteiger charge is -2.36. The van der Waals surface area contributed by atoms with Crippen LogP contribution in [0.3, 0.4) is 0 Å². The van der Waals surface area contributed by atoms with Gasteiger partial charge >= 0.3 is 0 Å². The van der Waals surface area contributed by atoms with Gasteiger partial charge in [0.15, 0.2) is 0 Å². The molecule has 7 nitrogen and oxygen atoms in total. The van der Waals surface area contributed by atoms with E-state index >= 15 is 0 Å². The summed E-state index contributed by atoms with van der Waals surface area (Å²) in [5.41, 5.74) is 1.12. The van der Waals surface area contributed by atoms with Gasteiger partial charge in [-0.25, -0.2) is 0 Å². The summed E-state index contributed by atoms with van der Waals surface area (Å²) < 4.78 is 5.15. The van der Waals surface area contributed by atoms with Crippen LogP contribution in [0.1, 0.15) is 18.4 Å². The smallest absolute Gasteiger partial charge is 0.239 e. The lowest BCUT2D eigenvalue weighted by atomic mass is 9.95. The number of carbonyl (C=O) groups is 3. The van der Waals surface area contributed by atoms with Gasteiger partial charge in [-0.05, 0) is 30.5 Å². The average Bonchev–Trinajstić information content (AvgIpc) is 2.67. The third-order valence-electron chi connectivity index (χ3n) is 5.03. The molecule has 2 heterocycles. The predicted octanol–water partition coefficient (Wildman–Crippen LogP) is 0.435. The minimum absolute atomic E-state index is 0.0122. The summed E-state index contributed by atoms with van der Waals surface area (Å²) in [5, 5.41) is 2.73. The lowest BCUT2D eigenvalue weighted by molar-refractivity contribution is -0.146. The Balaban J connectivity index is 1.56. The highest BCUT2D eigenvalue weighted by atomic mass is 16.5.